The summed E-state index contributed by atoms with van der Waals surface area (Å²) < 4.78 is 5.43. The van der Waals surface area contributed by atoms with Gasteiger partial charge in [-0.15, -0.1) is 0 Å². The predicted molar refractivity (Wildman–Crippen MR) is 64.4 cm³/mol. The summed E-state index contributed by atoms with van der Waals surface area (Å²) in [5.74, 6) is -0.929. The Balaban J connectivity index is 2.45. The number of hydrogen-bond acceptors (Lipinski definition) is 4. The van der Waals surface area contributed by atoms with Crippen molar-refractivity contribution in [3.8, 4) is 5.75 Å². The Hall–Kier alpha value is -2.08. The number of anilines is 1. The summed E-state index contributed by atoms with van der Waals surface area (Å²) in [5.41, 5.74) is 6.81. The molecule has 1 unspecified atom stereocenters. The normalized spacial score (nSPS) is 18.2. The van der Waals surface area contributed by atoms with Crippen LogP contribution in [0.1, 0.15) is 12.5 Å². The smallest absolute Gasteiger partial charge is 0.323 e. The zero-order valence-corrected chi connectivity index (χ0v) is 9.92. The Morgan fingerprint density at radius 3 is 2.89 bits per heavy atom. The number of nitrogens with two attached hydrogens (primary N) is 1. The summed E-state index contributed by atoms with van der Waals surface area (Å²) in [6.45, 7) is 1.53. The summed E-state index contributed by atoms with van der Waals surface area (Å²) in [6, 6.07) is 5.18. The number of carboxylic acids is 1. The van der Waals surface area contributed by atoms with E-state index in [1.54, 1.807) is 25.1 Å². The number of carbonyl (C=O) groups is 2. The number of hydrogen-bond donors (Lipinski definition) is 2. The molecule has 0 aromatic heterocycles. The van der Waals surface area contributed by atoms with Gasteiger partial charge in [-0.1, -0.05) is 6.07 Å². The number of benzene rings is 1. The first-order valence-corrected chi connectivity index (χ1v) is 5.55. The minimum absolute atomic E-state index is 0.317. The maximum absolute atomic E-state index is 11.9. The monoisotopic (exact) mass is 250 g/mol. The van der Waals surface area contributed by atoms with E-state index in [4.69, 9.17) is 15.6 Å². The van der Waals surface area contributed by atoms with E-state index < -0.39 is 12.1 Å². The highest BCUT2D eigenvalue weighted by atomic mass is 16.5. The van der Waals surface area contributed by atoms with E-state index in [0.29, 0.717) is 18.0 Å². The lowest BCUT2D eigenvalue weighted by atomic mass is 10.1. The number of amides is 1. The van der Waals surface area contributed by atoms with Gasteiger partial charge in [-0.2, -0.15) is 0 Å². The Bertz CT molecular complexity index is 501. The van der Waals surface area contributed by atoms with Gasteiger partial charge in [-0.05, 0) is 24.6 Å². The second kappa shape index (κ2) is 4.66. The molecule has 0 saturated heterocycles. The van der Waals surface area contributed by atoms with Crippen LogP contribution < -0.4 is 15.4 Å². The van der Waals surface area contributed by atoms with Crippen molar-refractivity contribution in [3.05, 3.63) is 23.8 Å². The third-order valence-corrected chi connectivity index (χ3v) is 2.76. The zero-order chi connectivity index (χ0) is 13.3. The maximum atomic E-state index is 11.9. The van der Waals surface area contributed by atoms with Gasteiger partial charge in [0, 0.05) is 6.54 Å². The molecule has 0 fully saturated rings. The highest BCUT2D eigenvalue weighted by Crippen LogP contribution is 2.34. The first kappa shape index (κ1) is 12.4. The number of carboxylic acid groups (broad SMARTS) is 1. The van der Waals surface area contributed by atoms with E-state index in [9.17, 15) is 9.59 Å². The van der Waals surface area contributed by atoms with Crippen molar-refractivity contribution in [2.24, 2.45) is 5.73 Å². The summed E-state index contributed by atoms with van der Waals surface area (Å²) in [7, 11) is 0. The van der Waals surface area contributed by atoms with Crippen molar-refractivity contribution in [2.45, 2.75) is 19.6 Å². The molecule has 96 valence electrons. The van der Waals surface area contributed by atoms with Crippen LogP contribution in [0, 0.1) is 0 Å². The number of rotatable bonds is 3. The molecule has 1 aliphatic heterocycles. The minimum Gasteiger partial charge on any atom is -0.480 e. The van der Waals surface area contributed by atoms with Crippen LogP contribution in [0.5, 0.6) is 5.75 Å². The summed E-state index contributed by atoms with van der Waals surface area (Å²) in [5, 5.41) is 8.86. The number of nitrogens with zero attached hydrogens (tertiary/aromatic N) is 1. The lowest BCUT2D eigenvalue weighted by molar-refractivity contribution is -0.137. The Morgan fingerprint density at radius 1 is 1.56 bits per heavy atom. The SMILES string of the molecule is CC1Oc2ccc(CN)cc2N(CC(=O)O)C1=O. The molecule has 0 saturated carbocycles. The fourth-order valence-electron chi connectivity index (χ4n) is 1.88. The number of aliphatic carboxylic acids is 1. The van der Waals surface area contributed by atoms with Crippen molar-refractivity contribution in [3.63, 3.8) is 0 Å². The highest BCUT2D eigenvalue weighted by Gasteiger charge is 2.32. The van der Waals surface area contributed by atoms with Gasteiger partial charge in [0.15, 0.2) is 6.10 Å². The highest BCUT2D eigenvalue weighted by molar-refractivity contribution is 6.02. The van der Waals surface area contributed by atoms with Crippen LogP contribution in [0.2, 0.25) is 0 Å². The quantitative estimate of drug-likeness (QED) is 0.807. The van der Waals surface area contributed by atoms with Crippen molar-refractivity contribution < 1.29 is 19.4 Å². The van der Waals surface area contributed by atoms with Gasteiger partial charge in [0.1, 0.15) is 12.3 Å². The van der Waals surface area contributed by atoms with Crippen molar-refractivity contribution in [1.29, 1.82) is 0 Å². The van der Waals surface area contributed by atoms with Crippen molar-refractivity contribution in [2.75, 3.05) is 11.4 Å². The molecule has 6 nitrogen and oxygen atoms in total. The largest absolute Gasteiger partial charge is 0.480 e. The van der Waals surface area contributed by atoms with Gasteiger partial charge >= 0.3 is 5.97 Å². The zero-order valence-electron chi connectivity index (χ0n) is 9.92. The Kier molecular flexibility index (Phi) is 3.20. The van der Waals surface area contributed by atoms with E-state index in [1.807, 2.05) is 0 Å². The third-order valence-electron chi connectivity index (χ3n) is 2.76. The molecule has 1 aliphatic rings. The first-order valence-electron chi connectivity index (χ1n) is 5.55. The van der Waals surface area contributed by atoms with Gasteiger partial charge in [-0.3, -0.25) is 14.5 Å². The predicted octanol–water partition coefficient (Wildman–Crippen LogP) is 0.344. The lowest BCUT2D eigenvalue weighted by Crippen LogP contribution is -2.46. The van der Waals surface area contributed by atoms with E-state index in [2.05, 4.69) is 0 Å². The van der Waals surface area contributed by atoms with Crippen molar-refractivity contribution >= 4 is 17.6 Å². The standard InChI is InChI=1S/C12H14N2O4/c1-7-12(17)14(6-11(15)16)9-4-8(5-13)2-3-10(9)18-7/h2-4,7H,5-6,13H2,1H3,(H,15,16). The molecule has 1 aromatic carbocycles. The molecule has 0 radical (unpaired) electrons. The number of fused-ring (bicyclic) bond motifs is 1. The first-order chi connectivity index (χ1) is 8.52. The summed E-state index contributed by atoms with van der Waals surface area (Å²) >= 11 is 0. The van der Waals surface area contributed by atoms with Gasteiger partial charge in [-0.25, -0.2) is 0 Å². The number of ether oxygens (including phenoxy) is 1. The van der Waals surface area contributed by atoms with Crippen LogP contribution in [0.15, 0.2) is 18.2 Å². The third kappa shape index (κ3) is 2.14. The van der Waals surface area contributed by atoms with Gasteiger partial charge in [0.25, 0.3) is 5.91 Å². The molecule has 6 heteroatoms. The Labute approximate surface area is 104 Å². The average molecular weight is 250 g/mol. The van der Waals surface area contributed by atoms with Gasteiger partial charge < -0.3 is 15.6 Å². The Morgan fingerprint density at radius 2 is 2.28 bits per heavy atom. The van der Waals surface area contributed by atoms with E-state index >= 15 is 0 Å². The van der Waals surface area contributed by atoms with E-state index in [-0.39, 0.29) is 12.5 Å². The van der Waals surface area contributed by atoms with Crippen LogP contribution in [-0.4, -0.2) is 29.6 Å². The van der Waals surface area contributed by atoms with Crippen LogP contribution in [0.4, 0.5) is 5.69 Å². The van der Waals surface area contributed by atoms with Gasteiger partial charge in [0.2, 0.25) is 0 Å². The molecular weight excluding hydrogens is 236 g/mol. The average Bonchev–Trinajstić information content (AvgIpc) is 2.34. The second-order valence-electron chi connectivity index (χ2n) is 4.08. The van der Waals surface area contributed by atoms with Crippen LogP contribution in [-0.2, 0) is 16.1 Å². The molecule has 0 aliphatic carbocycles. The maximum Gasteiger partial charge on any atom is 0.323 e. The summed E-state index contributed by atoms with van der Waals surface area (Å²) in [6.07, 6.45) is -0.680. The fourth-order valence-corrected chi connectivity index (χ4v) is 1.88. The molecular formula is C12H14N2O4. The molecule has 0 spiro atoms. The molecule has 1 atom stereocenters. The van der Waals surface area contributed by atoms with Gasteiger partial charge in [0.05, 0.1) is 5.69 Å². The molecule has 3 N–H and O–H groups in total. The van der Waals surface area contributed by atoms with Crippen molar-refractivity contribution in [1.82, 2.24) is 0 Å². The second-order valence-corrected chi connectivity index (χ2v) is 4.08. The number of carbonyl (C=O) groups excluding carboxylic acids is 1. The molecule has 18 heavy (non-hydrogen) atoms. The van der Waals surface area contributed by atoms with E-state index in [1.165, 1.54) is 4.90 Å². The lowest BCUT2D eigenvalue weighted by Gasteiger charge is -2.32. The van der Waals surface area contributed by atoms with Crippen LogP contribution >= 0.6 is 0 Å². The molecule has 2 rings (SSSR count). The van der Waals surface area contributed by atoms with Crippen LogP contribution in [0.25, 0.3) is 0 Å². The topological polar surface area (TPSA) is 92.9 Å². The fraction of sp³-hybridized carbons (Fsp3) is 0.333. The van der Waals surface area contributed by atoms with E-state index in [0.717, 1.165) is 5.56 Å². The molecule has 1 aromatic rings. The summed E-state index contributed by atoms with van der Waals surface area (Å²) in [4.78, 5) is 24.0. The molecule has 0 bridgehead atoms. The molecule has 1 amide bonds. The minimum atomic E-state index is -1.07. The van der Waals surface area contributed by atoms with Crippen LogP contribution in [0.3, 0.4) is 0 Å². The molecule has 1 heterocycles.